The predicted octanol–water partition coefficient (Wildman–Crippen LogP) is 3.36. The van der Waals surface area contributed by atoms with Crippen molar-refractivity contribution in [1.29, 1.82) is 0 Å². The molecule has 0 aromatic carbocycles. The van der Waals surface area contributed by atoms with Gasteiger partial charge in [0, 0.05) is 17.0 Å². The summed E-state index contributed by atoms with van der Waals surface area (Å²) >= 11 is 3.14. The van der Waals surface area contributed by atoms with E-state index >= 15 is 0 Å². The van der Waals surface area contributed by atoms with Crippen LogP contribution in [0.2, 0.25) is 0 Å². The SMILES string of the molecule is O=C(CS(=O)C(c1ccsc1)c1ccsc1)NCc1ccccn1. The van der Waals surface area contributed by atoms with Crippen LogP contribution in [-0.4, -0.2) is 20.9 Å². The van der Waals surface area contributed by atoms with E-state index in [1.54, 1.807) is 28.9 Å². The minimum atomic E-state index is -1.32. The molecule has 0 saturated carbocycles. The van der Waals surface area contributed by atoms with E-state index in [0.29, 0.717) is 6.54 Å². The van der Waals surface area contributed by atoms with E-state index in [-0.39, 0.29) is 16.9 Å². The molecule has 3 heterocycles. The second-order valence-corrected chi connectivity index (χ2v) is 8.20. The fraction of sp³-hybridized carbons (Fsp3) is 0.176. The van der Waals surface area contributed by atoms with Crippen LogP contribution in [0.4, 0.5) is 0 Å². The number of carbonyl (C=O) groups excluding carboxylic acids is 1. The Morgan fingerprint density at radius 2 is 1.83 bits per heavy atom. The molecule has 4 nitrogen and oxygen atoms in total. The third kappa shape index (κ3) is 4.37. The zero-order chi connectivity index (χ0) is 16.8. The smallest absolute Gasteiger partial charge is 0.232 e. The molecule has 1 unspecified atom stereocenters. The molecule has 0 saturated heterocycles. The van der Waals surface area contributed by atoms with Gasteiger partial charge in [0.2, 0.25) is 5.91 Å². The lowest BCUT2D eigenvalue weighted by atomic mass is 10.1. The molecule has 0 aliphatic carbocycles. The number of rotatable bonds is 7. The maximum absolute atomic E-state index is 12.8. The summed E-state index contributed by atoms with van der Waals surface area (Å²) in [4.78, 5) is 16.3. The van der Waals surface area contributed by atoms with Gasteiger partial charge < -0.3 is 5.32 Å². The number of carbonyl (C=O) groups is 1. The molecular formula is C17H16N2O2S3. The average Bonchev–Trinajstić information content (AvgIpc) is 3.29. The average molecular weight is 377 g/mol. The number of nitrogens with one attached hydrogen (secondary N) is 1. The monoisotopic (exact) mass is 376 g/mol. The van der Waals surface area contributed by atoms with Gasteiger partial charge in [-0.15, -0.1) is 0 Å². The van der Waals surface area contributed by atoms with Gasteiger partial charge in [-0.1, -0.05) is 6.07 Å². The maximum Gasteiger partial charge on any atom is 0.232 e. The van der Waals surface area contributed by atoms with Gasteiger partial charge in [0.15, 0.2) is 0 Å². The number of hydrogen-bond acceptors (Lipinski definition) is 5. The molecule has 0 bridgehead atoms. The van der Waals surface area contributed by atoms with Gasteiger partial charge in [-0.2, -0.15) is 22.7 Å². The summed E-state index contributed by atoms with van der Waals surface area (Å²) in [7, 11) is -1.32. The molecule has 3 aromatic heterocycles. The van der Waals surface area contributed by atoms with Crippen molar-refractivity contribution in [1.82, 2.24) is 10.3 Å². The molecule has 7 heteroatoms. The third-order valence-corrected chi connectivity index (χ3v) is 6.44. The van der Waals surface area contributed by atoms with E-state index in [2.05, 4.69) is 10.3 Å². The van der Waals surface area contributed by atoms with Crippen molar-refractivity contribution in [3.63, 3.8) is 0 Å². The van der Waals surface area contributed by atoms with Crippen LogP contribution < -0.4 is 5.32 Å². The number of aromatic nitrogens is 1. The van der Waals surface area contributed by atoms with Crippen molar-refractivity contribution in [3.8, 4) is 0 Å². The summed E-state index contributed by atoms with van der Waals surface area (Å²) in [5, 5.41) is 10.4. The Morgan fingerprint density at radius 3 is 2.38 bits per heavy atom. The van der Waals surface area contributed by atoms with E-state index < -0.39 is 10.8 Å². The van der Waals surface area contributed by atoms with Crippen molar-refractivity contribution >= 4 is 39.4 Å². The van der Waals surface area contributed by atoms with E-state index in [1.165, 1.54) is 0 Å². The van der Waals surface area contributed by atoms with Crippen LogP contribution in [0.15, 0.2) is 58.0 Å². The molecule has 1 atom stereocenters. The van der Waals surface area contributed by atoms with Crippen LogP contribution in [0.3, 0.4) is 0 Å². The number of thiophene rings is 2. The molecule has 0 fully saturated rings. The molecule has 0 aliphatic rings. The van der Waals surface area contributed by atoms with Crippen LogP contribution in [0.25, 0.3) is 0 Å². The van der Waals surface area contributed by atoms with E-state index in [4.69, 9.17) is 0 Å². The zero-order valence-electron chi connectivity index (χ0n) is 12.8. The van der Waals surface area contributed by atoms with Gasteiger partial charge in [-0.25, -0.2) is 0 Å². The van der Waals surface area contributed by atoms with E-state index in [1.807, 2.05) is 51.9 Å². The Hall–Kier alpha value is -1.83. The predicted molar refractivity (Wildman–Crippen MR) is 99.6 cm³/mol. The van der Waals surface area contributed by atoms with Gasteiger partial charge in [0.25, 0.3) is 0 Å². The summed E-state index contributed by atoms with van der Waals surface area (Å²) < 4.78 is 12.8. The summed E-state index contributed by atoms with van der Waals surface area (Å²) in [6, 6.07) is 9.48. The van der Waals surface area contributed by atoms with Crippen LogP contribution in [-0.2, 0) is 22.1 Å². The number of amides is 1. The Kier molecular flexibility index (Phi) is 5.90. The topological polar surface area (TPSA) is 59.1 Å². The fourth-order valence-corrected chi connectivity index (χ4v) is 5.27. The molecule has 3 aromatic rings. The van der Waals surface area contributed by atoms with Crippen LogP contribution in [0, 0.1) is 0 Å². The minimum absolute atomic E-state index is 0.0246. The lowest BCUT2D eigenvalue weighted by Crippen LogP contribution is -2.29. The lowest BCUT2D eigenvalue weighted by Gasteiger charge is -2.14. The zero-order valence-corrected chi connectivity index (χ0v) is 15.2. The van der Waals surface area contributed by atoms with Crippen molar-refractivity contribution in [2.24, 2.45) is 0 Å². The van der Waals surface area contributed by atoms with Crippen molar-refractivity contribution in [2.75, 3.05) is 5.75 Å². The van der Waals surface area contributed by atoms with E-state index in [0.717, 1.165) is 16.8 Å². The third-order valence-electron chi connectivity index (χ3n) is 3.42. The van der Waals surface area contributed by atoms with Crippen molar-refractivity contribution < 1.29 is 9.00 Å². The maximum atomic E-state index is 12.8. The Labute approximate surface area is 151 Å². The summed E-state index contributed by atoms with van der Waals surface area (Å²) in [6.07, 6.45) is 1.68. The number of pyridine rings is 1. The standard InChI is InChI=1S/C17H16N2O2S3/c20-16(19-9-15-3-1-2-6-18-15)12-24(21)17(13-4-7-22-10-13)14-5-8-23-11-14/h1-8,10-11,17H,9,12H2,(H,19,20). The summed E-state index contributed by atoms with van der Waals surface area (Å²) in [5.74, 6) is -0.252. The van der Waals surface area contributed by atoms with Gasteiger partial charge >= 0.3 is 0 Å². The molecule has 1 N–H and O–H groups in total. The first-order chi connectivity index (χ1) is 11.7. The van der Waals surface area contributed by atoms with E-state index in [9.17, 15) is 9.00 Å². The van der Waals surface area contributed by atoms with Gasteiger partial charge in [-0.05, 0) is 56.9 Å². The largest absolute Gasteiger partial charge is 0.350 e. The fourth-order valence-electron chi connectivity index (χ4n) is 2.30. The Balaban J connectivity index is 1.64. The first-order valence-corrected chi connectivity index (χ1v) is 10.6. The minimum Gasteiger partial charge on any atom is -0.350 e. The quantitative estimate of drug-likeness (QED) is 0.688. The second kappa shape index (κ2) is 8.32. The normalized spacial score (nSPS) is 12.2. The highest BCUT2D eigenvalue weighted by Gasteiger charge is 2.24. The van der Waals surface area contributed by atoms with Crippen LogP contribution in [0.5, 0.6) is 0 Å². The second-order valence-electron chi connectivity index (χ2n) is 5.12. The molecule has 1 amide bonds. The highest BCUT2D eigenvalue weighted by atomic mass is 32.2. The van der Waals surface area contributed by atoms with Gasteiger partial charge in [-0.3, -0.25) is 14.0 Å². The molecule has 24 heavy (non-hydrogen) atoms. The summed E-state index contributed by atoms with van der Waals surface area (Å²) in [5.41, 5.74) is 2.77. The molecule has 3 rings (SSSR count). The first-order valence-electron chi connectivity index (χ1n) is 7.32. The number of hydrogen-bond donors (Lipinski definition) is 1. The molecule has 0 spiro atoms. The van der Waals surface area contributed by atoms with Crippen molar-refractivity contribution in [2.45, 2.75) is 11.8 Å². The molecule has 0 radical (unpaired) electrons. The Bertz CT molecular complexity index is 752. The van der Waals surface area contributed by atoms with Crippen molar-refractivity contribution in [3.05, 3.63) is 74.9 Å². The molecular weight excluding hydrogens is 360 g/mol. The van der Waals surface area contributed by atoms with Crippen LogP contribution >= 0.6 is 22.7 Å². The lowest BCUT2D eigenvalue weighted by molar-refractivity contribution is -0.118. The van der Waals surface area contributed by atoms with Gasteiger partial charge in [0.1, 0.15) is 5.75 Å². The van der Waals surface area contributed by atoms with Gasteiger partial charge in [0.05, 0.1) is 17.5 Å². The summed E-state index contributed by atoms with van der Waals surface area (Å²) in [6.45, 7) is 0.346. The first kappa shape index (κ1) is 17.0. The number of nitrogens with zero attached hydrogens (tertiary/aromatic N) is 1. The molecule has 124 valence electrons. The Morgan fingerprint density at radius 1 is 1.12 bits per heavy atom. The molecule has 0 aliphatic heterocycles. The highest BCUT2D eigenvalue weighted by molar-refractivity contribution is 7.86. The van der Waals surface area contributed by atoms with Crippen LogP contribution in [0.1, 0.15) is 22.1 Å². The highest BCUT2D eigenvalue weighted by Crippen LogP contribution is 2.31.